The van der Waals surface area contributed by atoms with Crippen LogP contribution in [0.1, 0.15) is 32.6 Å². The van der Waals surface area contributed by atoms with Gasteiger partial charge in [0.1, 0.15) is 0 Å². The van der Waals surface area contributed by atoms with Crippen molar-refractivity contribution < 1.29 is 4.74 Å². The Hall–Kier alpha value is -0.0800. The highest BCUT2D eigenvalue weighted by Crippen LogP contribution is 2.20. The molecular weight excluding hydrogens is 138 g/mol. The molecule has 0 saturated heterocycles. The van der Waals surface area contributed by atoms with Crippen LogP contribution in [-0.2, 0) is 4.74 Å². The number of hydrogen-bond acceptors (Lipinski definition) is 2. The first-order valence-corrected chi connectivity index (χ1v) is 4.65. The standard InChI is InChI=1S/C9H19NO/c1-3-11-9-6-4-5-8(7-9)10-2/h8-10H,3-7H2,1-2H3. The van der Waals surface area contributed by atoms with E-state index < -0.39 is 0 Å². The molecule has 1 fully saturated rings. The van der Waals surface area contributed by atoms with Crippen molar-refractivity contribution in [2.45, 2.75) is 44.8 Å². The van der Waals surface area contributed by atoms with Gasteiger partial charge in [-0.1, -0.05) is 0 Å². The van der Waals surface area contributed by atoms with Crippen molar-refractivity contribution in [1.82, 2.24) is 5.32 Å². The summed E-state index contributed by atoms with van der Waals surface area (Å²) < 4.78 is 5.57. The van der Waals surface area contributed by atoms with Gasteiger partial charge in [-0.15, -0.1) is 0 Å². The van der Waals surface area contributed by atoms with Gasteiger partial charge in [-0.2, -0.15) is 0 Å². The van der Waals surface area contributed by atoms with E-state index in [0.29, 0.717) is 12.1 Å². The second-order valence-electron chi connectivity index (χ2n) is 3.23. The summed E-state index contributed by atoms with van der Waals surface area (Å²) in [4.78, 5) is 0. The van der Waals surface area contributed by atoms with Crippen molar-refractivity contribution in [1.29, 1.82) is 0 Å². The van der Waals surface area contributed by atoms with Crippen LogP contribution in [-0.4, -0.2) is 25.8 Å². The minimum absolute atomic E-state index is 0.520. The summed E-state index contributed by atoms with van der Waals surface area (Å²) in [6.45, 7) is 2.93. The van der Waals surface area contributed by atoms with Crippen LogP contribution in [0.5, 0.6) is 0 Å². The number of hydrogen-bond donors (Lipinski definition) is 1. The SMILES string of the molecule is CCOC1CCCC(NC)C1. The molecule has 66 valence electrons. The Balaban J connectivity index is 2.21. The Bertz CT molecular complexity index is 104. The maximum atomic E-state index is 5.57. The summed E-state index contributed by atoms with van der Waals surface area (Å²) in [6, 6.07) is 0.695. The monoisotopic (exact) mass is 157 g/mol. The van der Waals surface area contributed by atoms with Crippen molar-refractivity contribution in [3.8, 4) is 0 Å². The maximum absolute atomic E-state index is 5.57. The average Bonchev–Trinajstić information content (AvgIpc) is 2.06. The van der Waals surface area contributed by atoms with E-state index >= 15 is 0 Å². The lowest BCUT2D eigenvalue weighted by molar-refractivity contribution is 0.0282. The summed E-state index contributed by atoms with van der Waals surface area (Å²) in [5.74, 6) is 0. The lowest BCUT2D eigenvalue weighted by atomic mass is 9.93. The van der Waals surface area contributed by atoms with Crippen LogP contribution >= 0.6 is 0 Å². The Morgan fingerprint density at radius 1 is 1.45 bits per heavy atom. The minimum Gasteiger partial charge on any atom is -0.378 e. The number of ether oxygens (including phenoxy) is 1. The third kappa shape index (κ3) is 2.80. The molecule has 1 saturated carbocycles. The molecule has 2 unspecified atom stereocenters. The highest BCUT2D eigenvalue weighted by atomic mass is 16.5. The molecule has 0 amide bonds. The van der Waals surface area contributed by atoms with Gasteiger partial charge in [-0.25, -0.2) is 0 Å². The van der Waals surface area contributed by atoms with Crippen LogP contribution in [0, 0.1) is 0 Å². The van der Waals surface area contributed by atoms with E-state index in [1.807, 2.05) is 7.05 Å². The predicted octanol–water partition coefficient (Wildman–Crippen LogP) is 1.55. The van der Waals surface area contributed by atoms with Crippen LogP contribution in [0.2, 0.25) is 0 Å². The molecule has 1 N–H and O–H groups in total. The highest BCUT2D eigenvalue weighted by Gasteiger charge is 2.20. The van der Waals surface area contributed by atoms with Gasteiger partial charge in [0.2, 0.25) is 0 Å². The Morgan fingerprint density at radius 2 is 2.27 bits per heavy atom. The fourth-order valence-corrected chi connectivity index (χ4v) is 1.79. The van der Waals surface area contributed by atoms with E-state index in [4.69, 9.17) is 4.74 Å². The zero-order chi connectivity index (χ0) is 8.10. The molecule has 1 rings (SSSR count). The van der Waals surface area contributed by atoms with Gasteiger partial charge >= 0.3 is 0 Å². The normalized spacial score (nSPS) is 32.2. The Labute approximate surface area is 69.3 Å². The summed E-state index contributed by atoms with van der Waals surface area (Å²) in [7, 11) is 2.04. The largest absolute Gasteiger partial charge is 0.378 e. The predicted molar refractivity (Wildman–Crippen MR) is 46.7 cm³/mol. The molecule has 0 aliphatic heterocycles. The summed E-state index contributed by atoms with van der Waals surface area (Å²) in [6.07, 6.45) is 5.61. The quantitative estimate of drug-likeness (QED) is 0.671. The smallest absolute Gasteiger partial charge is 0.0589 e. The lowest BCUT2D eigenvalue weighted by Gasteiger charge is -2.28. The molecule has 0 heterocycles. The molecule has 1 aliphatic rings. The van der Waals surface area contributed by atoms with Crippen LogP contribution < -0.4 is 5.32 Å². The van der Waals surface area contributed by atoms with Crippen molar-refractivity contribution in [2.24, 2.45) is 0 Å². The molecule has 1 aliphatic carbocycles. The molecule has 0 spiro atoms. The van der Waals surface area contributed by atoms with Gasteiger partial charge in [0.05, 0.1) is 6.10 Å². The number of nitrogens with one attached hydrogen (secondary N) is 1. The molecule has 2 atom stereocenters. The van der Waals surface area contributed by atoms with Crippen LogP contribution in [0.4, 0.5) is 0 Å². The van der Waals surface area contributed by atoms with Gasteiger partial charge in [-0.3, -0.25) is 0 Å². The van der Waals surface area contributed by atoms with Crippen LogP contribution in [0.3, 0.4) is 0 Å². The molecule has 2 heteroatoms. The van der Waals surface area contributed by atoms with E-state index in [1.54, 1.807) is 0 Å². The molecule has 0 aromatic carbocycles. The second-order valence-corrected chi connectivity index (χ2v) is 3.23. The Kier molecular flexibility index (Phi) is 3.87. The first-order chi connectivity index (χ1) is 5.36. The zero-order valence-electron chi connectivity index (χ0n) is 7.60. The first-order valence-electron chi connectivity index (χ1n) is 4.65. The lowest BCUT2D eigenvalue weighted by Crippen LogP contribution is -2.34. The summed E-state index contributed by atoms with van der Waals surface area (Å²) >= 11 is 0. The number of rotatable bonds is 3. The summed E-state index contributed by atoms with van der Waals surface area (Å²) in [5, 5.41) is 3.31. The van der Waals surface area contributed by atoms with Crippen LogP contribution in [0.15, 0.2) is 0 Å². The van der Waals surface area contributed by atoms with Crippen LogP contribution in [0.25, 0.3) is 0 Å². The van der Waals surface area contributed by atoms with Gasteiger partial charge < -0.3 is 10.1 Å². The van der Waals surface area contributed by atoms with E-state index in [9.17, 15) is 0 Å². The fraction of sp³-hybridized carbons (Fsp3) is 1.00. The van der Waals surface area contributed by atoms with Crippen molar-refractivity contribution in [3.63, 3.8) is 0 Å². The topological polar surface area (TPSA) is 21.3 Å². The van der Waals surface area contributed by atoms with Crippen molar-refractivity contribution in [2.75, 3.05) is 13.7 Å². The van der Waals surface area contributed by atoms with Gasteiger partial charge in [0.25, 0.3) is 0 Å². The minimum atomic E-state index is 0.520. The molecular formula is C9H19NO. The molecule has 0 radical (unpaired) electrons. The third-order valence-corrected chi connectivity index (χ3v) is 2.44. The van der Waals surface area contributed by atoms with Crippen molar-refractivity contribution >= 4 is 0 Å². The molecule has 0 bridgehead atoms. The average molecular weight is 157 g/mol. The van der Waals surface area contributed by atoms with E-state index in [2.05, 4.69) is 12.2 Å². The van der Waals surface area contributed by atoms with Gasteiger partial charge in [-0.05, 0) is 39.7 Å². The second kappa shape index (κ2) is 4.73. The molecule has 0 aromatic heterocycles. The molecule has 0 aromatic rings. The van der Waals surface area contributed by atoms with Gasteiger partial charge in [0, 0.05) is 12.6 Å². The van der Waals surface area contributed by atoms with E-state index in [0.717, 1.165) is 6.61 Å². The highest BCUT2D eigenvalue weighted by molar-refractivity contribution is 4.76. The first kappa shape index (κ1) is 9.01. The fourth-order valence-electron chi connectivity index (χ4n) is 1.79. The van der Waals surface area contributed by atoms with E-state index in [1.165, 1.54) is 25.7 Å². The third-order valence-electron chi connectivity index (χ3n) is 2.44. The van der Waals surface area contributed by atoms with E-state index in [-0.39, 0.29) is 0 Å². The summed E-state index contributed by atoms with van der Waals surface area (Å²) in [5.41, 5.74) is 0. The Morgan fingerprint density at radius 3 is 2.91 bits per heavy atom. The molecule has 11 heavy (non-hydrogen) atoms. The zero-order valence-corrected chi connectivity index (χ0v) is 7.60. The maximum Gasteiger partial charge on any atom is 0.0589 e. The molecule has 2 nitrogen and oxygen atoms in total. The van der Waals surface area contributed by atoms with Gasteiger partial charge in [0.15, 0.2) is 0 Å². The van der Waals surface area contributed by atoms with Crippen molar-refractivity contribution in [3.05, 3.63) is 0 Å².